The van der Waals surface area contributed by atoms with Gasteiger partial charge in [0.15, 0.2) is 0 Å². The van der Waals surface area contributed by atoms with Gasteiger partial charge >= 0.3 is 5.97 Å². The molecule has 0 rings (SSSR count). The number of hydrogen-bond donors (Lipinski definition) is 2. The average Bonchev–Trinajstić information content (AvgIpc) is 2.43. The molecule has 20 heavy (non-hydrogen) atoms. The summed E-state index contributed by atoms with van der Waals surface area (Å²) in [4.78, 5) is 10.5. The Labute approximate surface area is 125 Å². The Morgan fingerprint density at radius 3 is 1.50 bits per heavy atom. The van der Waals surface area contributed by atoms with Crippen molar-refractivity contribution in [2.45, 2.75) is 103 Å². The molecule has 0 bridgehead atoms. The van der Waals surface area contributed by atoms with Crippen LogP contribution in [-0.2, 0) is 4.79 Å². The van der Waals surface area contributed by atoms with Crippen LogP contribution in [0, 0.1) is 0 Å². The fourth-order valence-corrected chi connectivity index (χ4v) is 2.51. The topological polar surface area (TPSA) is 63.3 Å². The predicted octanol–water partition coefficient (Wildman–Crippen LogP) is 4.88. The number of rotatable bonds is 15. The van der Waals surface area contributed by atoms with Gasteiger partial charge in [0.2, 0.25) is 0 Å². The van der Waals surface area contributed by atoms with Crippen molar-refractivity contribution in [1.29, 1.82) is 0 Å². The van der Waals surface area contributed by atoms with Gasteiger partial charge in [-0.05, 0) is 6.42 Å². The molecule has 0 aromatic heterocycles. The van der Waals surface area contributed by atoms with E-state index in [1.165, 1.54) is 70.6 Å². The summed E-state index contributed by atoms with van der Waals surface area (Å²) in [5.74, 6) is -0.871. The summed E-state index contributed by atoms with van der Waals surface area (Å²) in [5.41, 5.74) is 5.46. The maximum atomic E-state index is 10.5. The number of unbranched alkanes of at least 4 members (excludes halogenated alkanes) is 12. The highest BCUT2D eigenvalue weighted by molar-refractivity contribution is 5.72. The third kappa shape index (κ3) is 13.9. The molecule has 0 amide bonds. The summed E-state index contributed by atoms with van der Waals surface area (Å²) in [6.45, 7) is 2.26. The monoisotopic (exact) mass is 285 g/mol. The fraction of sp³-hybridized carbons (Fsp3) is 0.941. The highest BCUT2D eigenvalue weighted by atomic mass is 16.4. The van der Waals surface area contributed by atoms with Crippen LogP contribution in [0.5, 0.6) is 0 Å². The van der Waals surface area contributed by atoms with E-state index in [4.69, 9.17) is 10.8 Å². The molecular formula is C17H35NO2. The van der Waals surface area contributed by atoms with Crippen molar-refractivity contribution >= 4 is 5.97 Å². The second kappa shape index (κ2) is 14.8. The van der Waals surface area contributed by atoms with Gasteiger partial charge in [0.25, 0.3) is 0 Å². The summed E-state index contributed by atoms with van der Waals surface area (Å²) in [5, 5.41) is 8.65. The maximum absolute atomic E-state index is 10.5. The molecule has 0 aliphatic carbocycles. The third-order valence-electron chi connectivity index (χ3n) is 3.94. The SMILES string of the molecule is CCCCCCCCCCCCCCC[C@H](N)C(=O)O. The minimum absolute atomic E-state index is 0.618. The molecule has 0 aliphatic rings. The van der Waals surface area contributed by atoms with Gasteiger partial charge in [0, 0.05) is 0 Å². The van der Waals surface area contributed by atoms with Crippen LogP contribution < -0.4 is 5.73 Å². The summed E-state index contributed by atoms with van der Waals surface area (Å²) in [6.07, 6.45) is 17.6. The summed E-state index contributed by atoms with van der Waals surface area (Å²) in [7, 11) is 0. The lowest BCUT2D eigenvalue weighted by Crippen LogP contribution is -2.29. The van der Waals surface area contributed by atoms with E-state index in [2.05, 4.69) is 6.92 Å². The normalized spacial score (nSPS) is 12.5. The average molecular weight is 285 g/mol. The Bertz CT molecular complexity index is 219. The van der Waals surface area contributed by atoms with Gasteiger partial charge in [-0.1, -0.05) is 90.4 Å². The predicted molar refractivity (Wildman–Crippen MR) is 85.9 cm³/mol. The summed E-state index contributed by atoms with van der Waals surface area (Å²) < 4.78 is 0. The van der Waals surface area contributed by atoms with Crippen molar-refractivity contribution < 1.29 is 9.90 Å². The van der Waals surface area contributed by atoms with Gasteiger partial charge < -0.3 is 10.8 Å². The molecule has 0 spiro atoms. The minimum atomic E-state index is -0.871. The van der Waals surface area contributed by atoms with E-state index in [0.29, 0.717) is 6.42 Å². The third-order valence-corrected chi connectivity index (χ3v) is 3.94. The van der Waals surface area contributed by atoms with Crippen LogP contribution in [-0.4, -0.2) is 17.1 Å². The van der Waals surface area contributed by atoms with E-state index in [9.17, 15) is 4.79 Å². The molecule has 0 aliphatic heterocycles. The van der Waals surface area contributed by atoms with Crippen molar-refractivity contribution in [1.82, 2.24) is 0 Å². The van der Waals surface area contributed by atoms with Crippen molar-refractivity contribution in [2.75, 3.05) is 0 Å². The summed E-state index contributed by atoms with van der Waals surface area (Å²) in [6, 6.07) is -0.664. The van der Waals surface area contributed by atoms with Gasteiger partial charge in [-0.15, -0.1) is 0 Å². The lowest BCUT2D eigenvalue weighted by molar-refractivity contribution is -0.138. The number of carbonyl (C=O) groups is 1. The standard InChI is InChI=1S/C17H35NO2/c1-2-3-4-5-6-7-8-9-10-11-12-13-14-15-16(18)17(19)20/h16H,2-15,18H2,1H3,(H,19,20)/t16-/m0/s1. The Kier molecular flexibility index (Phi) is 14.4. The second-order valence-electron chi connectivity index (χ2n) is 5.98. The zero-order valence-corrected chi connectivity index (χ0v) is 13.4. The van der Waals surface area contributed by atoms with Gasteiger partial charge in [-0.2, -0.15) is 0 Å². The molecule has 120 valence electrons. The molecule has 3 N–H and O–H groups in total. The Morgan fingerprint density at radius 2 is 1.15 bits per heavy atom. The first-order valence-electron chi connectivity index (χ1n) is 8.67. The molecular weight excluding hydrogens is 250 g/mol. The zero-order chi connectivity index (χ0) is 15.1. The molecule has 0 heterocycles. The number of nitrogens with two attached hydrogens (primary N) is 1. The Morgan fingerprint density at radius 1 is 0.800 bits per heavy atom. The van der Waals surface area contributed by atoms with Gasteiger partial charge in [0.1, 0.15) is 6.04 Å². The van der Waals surface area contributed by atoms with Gasteiger partial charge in [-0.25, -0.2) is 0 Å². The van der Waals surface area contributed by atoms with Crippen LogP contribution >= 0.6 is 0 Å². The number of aliphatic carboxylic acids is 1. The molecule has 3 nitrogen and oxygen atoms in total. The minimum Gasteiger partial charge on any atom is -0.480 e. The lowest BCUT2D eigenvalue weighted by atomic mass is 10.0. The van der Waals surface area contributed by atoms with Crippen LogP contribution in [0.25, 0.3) is 0 Å². The van der Waals surface area contributed by atoms with Crippen LogP contribution in [0.4, 0.5) is 0 Å². The van der Waals surface area contributed by atoms with Crippen LogP contribution in [0.3, 0.4) is 0 Å². The lowest BCUT2D eigenvalue weighted by Gasteiger charge is -2.06. The van der Waals surface area contributed by atoms with E-state index in [1.54, 1.807) is 0 Å². The van der Waals surface area contributed by atoms with Crippen molar-refractivity contribution in [3.63, 3.8) is 0 Å². The molecule has 3 heteroatoms. The largest absolute Gasteiger partial charge is 0.480 e. The molecule has 0 aromatic rings. The summed E-state index contributed by atoms with van der Waals surface area (Å²) >= 11 is 0. The molecule has 0 aromatic carbocycles. The molecule has 0 saturated carbocycles. The van der Waals surface area contributed by atoms with E-state index in [0.717, 1.165) is 12.8 Å². The highest BCUT2D eigenvalue weighted by Gasteiger charge is 2.09. The van der Waals surface area contributed by atoms with Crippen molar-refractivity contribution in [3.8, 4) is 0 Å². The Hall–Kier alpha value is -0.570. The van der Waals surface area contributed by atoms with Gasteiger partial charge in [0.05, 0.1) is 0 Å². The quantitative estimate of drug-likeness (QED) is 0.421. The van der Waals surface area contributed by atoms with Gasteiger partial charge in [-0.3, -0.25) is 4.79 Å². The second-order valence-corrected chi connectivity index (χ2v) is 5.98. The number of carboxylic acid groups (broad SMARTS) is 1. The van der Waals surface area contributed by atoms with Crippen molar-refractivity contribution in [2.24, 2.45) is 5.73 Å². The highest BCUT2D eigenvalue weighted by Crippen LogP contribution is 2.13. The van der Waals surface area contributed by atoms with Crippen LogP contribution in [0.1, 0.15) is 96.8 Å². The number of hydrogen-bond acceptors (Lipinski definition) is 2. The maximum Gasteiger partial charge on any atom is 0.320 e. The molecule has 1 atom stereocenters. The molecule has 0 saturated heterocycles. The van der Waals surface area contributed by atoms with Crippen LogP contribution in [0.15, 0.2) is 0 Å². The van der Waals surface area contributed by atoms with Crippen LogP contribution in [0.2, 0.25) is 0 Å². The van der Waals surface area contributed by atoms with E-state index in [1.807, 2.05) is 0 Å². The fourth-order valence-electron chi connectivity index (χ4n) is 2.51. The first-order chi connectivity index (χ1) is 9.68. The van der Waals surface area contributed by atoms with E-state index in [-0.39, 0.29) is 0 Å². The molecule has 0 unspecified atom stereocenters. The number of carboxylic acids is 1. The zero-order valence-electron chi connectivity index (χ0n) is 13.4. The smallest absolute Gasteiger partial charge is 0.320 e. The van der Waals surface area contributed by atoms with Crippen molar-refractivity contribution in [3.05, 3.63) is 0 Å². The first kappa shape index (κ1) is 19.4. The molecule has 0 fully saturated rings. The van der Waals surface area contributed by atoms with E-state index < -0.39 is 12.0 Å². The molecule has 0 radical (unpaired) electrons. The first-order valence-corrected chi connectivity index (χ1v) is 8.67. The Balaban J connectivity index is 3.04. The van der Waals surface area contributed by atoms with E-state index >= 15 is 0 Å².